The monoisotopic (exact) mass is 277 g/mol. The Bertz CT molecular complexity index is 623. The number of nitrogens with zero attached hydrogens (tertiary/aromatic N) is 3. The standard InChI is InChI=1S/C14H16ClN3O/c1-8-11(14(15)18(2)17-8)13(19)10-6-5-9-4-3-7-16-12(9)10/h3-4,7,10,13,19H,5-6H2,1-2H3. The van der Waals surface area contributed by atoms with Crippen LogP contribution in [0.3, 0.4) is 0 Å². The van der Waals surface area contributed by atoms with Gasteiger partial charge in [-0.3, -0.25) is 9.67 Å². The summed E-state index contributed by atoms with van der Waals surface area (Å²) in [5, 5.41) is 15.4. The minimum atomic E-state index is -0.641. The van der Waals surface area contributed by atoms with Crippen LogP contribution in [-0.2, 0) is 13.5 Å². The molecule has 0 saturated carbocycles. The molecule has 2 aromatic heterocycles. The SMILES string of the molecule is Cc1nn(C)c(Cl)c1C(O)C1CCc2cccnc21. The van der Waals surface area contributed by atoms with E-state index in [1.807, 2.05) is 13.0 Å². The van der Waals surface area contributed by atoms with Gasteiger partial charge >= 0.3 is 0 Å². The van der Waals surface area contributed by atoms with Gasteiger partial charge in [0.15, 0.2) is 0 Å². The third-order valence-electron chi connectivity index (χ3n) is 3.88. The summed E-state index contributed by atoms with van der Waals surface area (Å²) in [6.07, 6.45) is 3.00. The summed E-state index contributed by atoms with van der Waals surface area (Å²) in [6, 6.07) is 4.02. The molecule has 0 aliphatic heterocycles. The van der Waals surface area contributed by atoms with Crippen LogP contribution >= 0.6 is 11.6 Å². The van der Waals surface area contributed by atoms with Gasteiger partial charge in [0, 0.05) is 30.4 Å². The predicted octanol–water partition coefficient (Wildman–Crippen LogP) is 2.54. The van der Waals surface area contributed by atoms with Crippen molar-refractivity contribution >= 4 is 11.6 Å². The Kier molecular flexibility index (Phi) is 3.07. The first kappa shape index (κ1) is 12.6. The smallest absolute Gasteiger partial charge is 0.132 e. The van der Waals surface area contributed by atoms with Gasteiger partial charge in [-0.1, -0.05) is 17.7 Å². The van der Waals surface area contributed by atoms with Crippen LogP contribution in [0.5, 0.6) is 0 Å². The number of hydrogen-bond acceptors (Lipinski definition) is 3. The third kappa shape index (κ3) is 1.95. The van der Waals surface area contributed by atoms with Crippen molar-refractivity contribution in [2.75, 3.05) is 0 Å². The van der Waals surface area contributed by atoms with Gasteiger partial charge in [0.25, 0.3) is 0 Å². The molecule has 0 radical (unpaired) electrons. The summed E-state index contributed by atoms with van der Waals surface area (Å²) in [5.74, 6) is 0.0107. The van der Waals surface area contributed by atoms with Crippen molar-refractivity contribution in [3.63, 3.8) is 0 Å². The van der Waals surface area contributed by atoms with Crippen LogP contribution in [0.4, 0.5) is 0 Å². The van der Waals surface area contributed by atoms with E-state index in [9.17, 15) is 5.11 Å². The lowest BCUT2D eigenvalue weighted by Crippen LogP contribution is -2.10. The van der Waals surface area contributed by atoms with Crippen molar-refractivity contribution in [1.29, 1.82) is 0 Å². The minimum Gasteiger partial charge on any atom is -0.388 e. The van der Waals surface area contributed by atoms with Gasteiger partial charge in [-0.25, -0.2) is 0 Å². The average Bonchev–Trinajstić information content (AvgIpc) is 2.91. The highest BCUT2D eigenvalue weighted by Gasteiger charge is 2.33. The third-order valence-corrected chi connectivity index (χ3v) is 4.32. The zero-order valence-corrected chi connectivity index (χ0v) is 11.7. The fourth-order valence-electron chi connectivity index (χ4n) is 2.93. The number of rotatable bonds is 2. The molecule has 0 saturated heterocycles. The summed E-state index contributed by atoms with van der Waals surface area (Å²) >= 11 is 6.23. The van der Waals surface area contributed by atoms with E-state index >= 15 is 0 Å². The van der Waals surface area contributed by atoms with Gasteiger partial charge in [0.2, 0.25) is 0 Å². The zero-order valence-electron chi connectivity index (χ0n) is 11.0. The van der Waals surface area contributed by atoms with Gasteiger partial charge in [0.05, 0.1) is 11.8 Å². The quantitative estimate of drug-likeness (QED) is 0.918. The van der Waals surface area contributed by atoms with Crippen molar-refractivity contribution in [2.24, 2.45) is 7.05 Å². The largest absolute Gasteiger partial charge is 0.388 e. The Morgan fingerprint density at radius 2 is 2.32 bits per heavy atom. The van der Waals surface area contributed by atoms with E-state index in [-0.39, 0.29) is 5.92 Å². The Hall–Kier alpha value is -1.39. The molecule has 0 bridgehead atoms. The second-order valence-electron chi connectivity index (χ2n) is 5.05. The minimum absolute atomic E-state index is 0.0107. The molecule has 2 unspecified atom stereocenters. The van der Waals surface area contributed by atoms with Gasteiger partial charge in [-0.15, -0.1) is 0 Å². The number of aryl methyl sites for hydroxylation is 3. The second-order valence-corrected chi connectivity index (χ2v) is 5.41. The fourth-order valence-corrected chi connectivity index (χ4v) is 3.22. The molecule has 1 aliphatic carbocycles. The summed E-state index contributed by atoms with van der Waals surface area (Å²) < 4.78 is 1.60. The lowest BCUT2D eigenvalue weighted by molar-refractivity contribution is 0.142. The molecule has 1 aliphatic rings. The molecular formula is C14H16ClN3O. The van der Waals surface area contributed by atoms with Crippen LogP contribution < -0.4 is 0 Å². The maximum Gasteiger partial charge on any atom is 0.132 e. The van der Waals surface area contributed by atoms with Crippen molar-refractivity contribution in [2.45, 2.75) is 31.8 Å². The van der Waals surface area contributed by atoms with Crippen molar-refractivity contribution in [1.82, 2.24) is 14.8 Å². The van der Waals surface area contributed by atoms with Crippen LogP contribution in [0, 0.1) is 6.92 Å². The molecule has 5 heteroatoms. The van der Waals surface area contributed by atoms with Crippen LogP contribution in [0.25, 0.3) is 0 Å². The Labute approximate surface area is 117 Å². The van der Waals surface area contributed by atoms with Crippen molar-refractivity contribution < 1.29 is 5.11 Å². The first-order valence-electron chi connectivity index (χ1n) is 6.40. The second kappa shape index (κ2) is 4.62. The number of fused-ring (bicyclic) bond motifs is 1. The molecule has 4 nitrogen and oxygen atoms in total. The molecule has 0 aromatic carbocycles. The summed E-state index contributed by atoms with van der Waals surface area (Å²) in [6.45, 7) is 1.87. The average molecular weight is 278 g/mol. The predicted molar refractivity (Wildman–Crippen MR) is 73.2 cm³/mol. The summed E-state index contributed by atoms with van der Waals surface area (Å²) in [4.78, 5) is 4.42. The van der Waals surface area contributed by atoms with Gasteiger partial charge in [-0.05, 0) is 31.4 Å². The molecule has 2 heterocycles. The van der Waals surface area contributed by atoms with E-state index in [0.717, 1.165) is 29.8 Å². The van der Waals surface area contributed by atoms with Crippen LogP contribution in [0.1, 0.15) is 41.0 Å². The first-order chi connectivity index (χ1) is 9.09. The van der Waals surface area contributed by atoms with E-state index < -0.39 is 6.10 Å². The number of pyridine rings is 1. The zero-order chi connectivity index (χ0) is 13.6. The molecule has 2 atom stereocenters. The van der Waals surface area contributed by atoms with E-state index in [4.69, 9.17) is 11.6 Å². The number of aliphatic hydroxyl groups is 1. The molecule has 19 heavy (non-hydrogen) atoms. The normalized spacial score (nSPS) is 19.5. The molecule has 2 aromatic rings. The summed E-state index contributed by atoms with van der Waals surface area (Å²) in [5.41, 5.74) is 3.73. The highest BCUT2D eigenvalue weighted by Crippen LogP contribution is 2.42. The highest BCUT2D eigenvalue weighted by atomic mass is 35.5. The molecule has 0 amide bonds. The van der Waals surface area contributed by atoms with Crippen molar-refractivity contribution in [3.8, 4) is 0 Å². The molecule has 100 valence electrons. The van der Waals surface area contributed by atoms with E-state index in [2.05, 4.69) is 16.1 Å². The molecule has 0 spiro atoms. The molecular weight excluding hydrogens is 262 g/mol. The highest BCUT2D eigenvalue weighted by molar-refractivity contribution is 6.30. The van der Waals surface area contributed by atoms with E-state index in [0.29, 0.717) is 5.15 Å². The van der Waals surface area contributed by atoms with Crippen LogP contribution in [0.15, 0.2) is 18.3 Å². The van der Waals surface area contributed by atoms with E-state index in [1.165, 1.54) is 5.56 Å². The lowest BCUT2D eigenvalue weighted by atomic mass is 9.94. The van der Waals surface area contributed by atoms with Gasteiger partial charge < -0.3 is 5.11 Å². The lowest BCUT2D eigenvalue weighted by Gasteiger charge is -2.18. The van der Waals surface area contributed by atoms with E-state index in [1.54, 1.807) is 17.9 Å². The maximum atomic E-state index is 10.7. The fraction of sp³-hybridized carbons (Fsp3) is 0.429. The van der Waals surface area contributed by atoms with Gasteiger partial charge in [-0.2, -0.15) is 5.10 Å². The number of hydrogen-bond donors (Lipinski definition) is 1. The molecule has 0 fully saturated rings. The Balaban J connectivity index is 2.00. The van der Waals surface area contributed by atoms with Gasteiger partial charge in [0.1, 0.15) is 5.15 Å². The number of halogens is 1. The first-order valence-corrected chi connectivity index (χ1v) is 6.78. The number of aliphatic hydroxyl groups excluding tert-OH is 1. The Morgan fingerprint density at radius 1 is 1.53 bits per heavy atom. The van der Waals surface area contributed by atoms with Crippen molar-refractivity contribution in [3.05, 3.63) is 46.0 Å². The number of aromatic nitrogens is 3. The summed E-state index contributed by atoms with van der Waals surface area (Å²) in [7, 11) is 1.78. The molecule has 3 rings (SSSR count). The topological polar surface area (TPSA) is 50.9 Å². The van der Waals surface area contributed by atoms with Crippen LogP contribution in [-0.4, -0.2) is 19.9 Å². The maximum absolute atomic E-state index is 10.7. The molecule has 1 N–H and O–H groups in total. The Morgan fingerprint density at radius 3 is 3.00 bits per heavy atom. The van der Waals surface area contributed by atoms with Crippen LogP contribution in [0.2, 0.25) is 5.15 Å².